The van der Waals surface area contributed by atoms with Crippen molar-refractivity contribution in [1.29, 1.82) is 0 Å². The summed E-state index contributed by atoms with van der Waals surface area (Å²) in [5.74, 6) is 0.515. The third-order valence-electron chi connectivity index (χ3n) is 5.31. The Labute approximate surface area is 179 Å². The van der Waals surface area contributed by atoms with Gasteiger partial charge in [0.2, 0.25) is 10.0 Å². The second kappa shape index (κ2) is 8.78. The summed E-state index contributed by atoms with van der Waals surface area (Å²) in [7, 11) is -3.53. The number of sulfonamides is 1. The SMILES string of the molecule is C[C@H](Oc1ccc(C(C)(C)C)cc1)C(=O)N1CCN(S(=O)(=O)c2ccccc2)CC1. The summed E-state index contributed by atoms with van der Waals surface area (Å²) in [5, 5.41) is 0. The molecule has 7 heteroatoms. The van der Waals surface area contributed by atoms with E-state index in [0.29, 0.717) is 18.8 Å². The topological polar surface area (TPSA) is 66.9 Å². The molecule has 1 saturated heterocycles. The first-order valence-corrected chi connectivity index (χ1v) is 11.6. The van der Waals surface area contributed by atoms with Gasteiger partial charge in [-0.2, -0.15) is 4.31 Å². The normalized spacial score (nSPS) is 16.9. The molecule has 1 aliphatic heterocycles. The second-order valence-corrected chi connectivity index (χ2v) is 10.5. The predicted octanol–water partition coefficient (Wildman–Crippen LogP) is 3.28. The minimum absolute atomic E-state index is 0.0553. The highest BCUT2D eigenvalue weighted by Crippen LogP contribution is 2.25. The van der Waals surface area contributed by atoms with Gasteiger partial charge >= 0.3 is 0 Å². The Morgan fingerprint density at radius 1 is 0.933 bits per heavy atom. The third kappa shape index (κ3) is 5.02. The van der Waals surface area contributed by atoms with Crippen LogP contribution in [0.1, 0.15) is 33.3 Å². The van der Waals surface area contributed by atoms with Crippen LogP contribution < -0.4 is 4.74 Å². The molecule has 6 nitrogen and oxygen atoms in total. The standard InChI is InChI=1S/C23H30N2O4S/c1-18(29-20-12-10-19(11-13-20)23(2,3)4)22(26)24-14-16-25(17-15-24)30(27,28)21-8-6-5-7-9-21/h5-13,18H,14-17H2,1-4H3/t18-/m0/s1. The van der Waals surface area contributed by atoms with Gasteiger partial charge in [0.1, 0.15) is 5.75 Å². The van der Waals surface area contributed by atoms with Crippen molar-refractivity contribution in [1.82, 2.24) is 9.21 Å². The number of carbonyl (C=O) groups is 1. The Morgan fingerprint density at radius 3 is 2.03 bits per heavy atom. The summed E-state index contributed by atoms with van der Waals surface area (Å²) >= 11 is 0. The van der Waals surface area contributed by atoms with Crippen LogP contribution in [0.25, 0.3) is 0 Å². The molecule has 2 aromatic carbocycles. The van der Waals surface area contributed by atoms with Gasteiger partial charge in [-0.1, -0.05) is 51.1 Å². The Balaban J connectivity index is 1.57. The first-order chi connectivity index (χ1) is 14.1. The van der Waals surface area contributed by atoms with E-state index in [1.807, 2.05) is 24.3 Å². The van der Waals surface area contributed by atoms with Gasteiger partial charge in [-0.3, -0.25) is 4.79 Å². The number of hydrogen-bond donors (Lipinski definition) is 0. The average molecular weight is 431 g/mol. The highest BCUT2D eigenvalue weighted by atomic mass is 32.2. The highest BCUT2D eigenvalue weighted by molar-refractivity contribution is 7.89. The zero-order valence-electron chi connectivity index (χ0n) is 18.0. The van der Waals surface area contributed by atoms with Gasteiger partial charge < -0.3 is 9.64 Å². The average Bonchev–Trinajstić information content (AvgIpc) is 2.73. The van der Waals surface area contributed by atoms with E-state index in [1.54, 1.807) is 42.2 Å². The van der Waals surface area contributed by atoms with Crippen molar-refractivity contribution in [3.8, 4) is 5.75 Å². The van der Waals surface area contributed by atoms with E-state index < -0.39 is 16.1 Å². The van der Waals surface area contributed by atoms with E-state index in [1.165, 1.54) is 9.87 Å². The molecule has 0 aromatic heterocycles. The van der Waals surface area contributed by atoms with Crippen molar-refractivity contribution in [3.63, 3.8) is 0 Å². The van der Waals surface area contributed by atoms with E-state index in [0.717, 1.165) is 0 Å². The van der Waals surface area contributed by atoms with Crippen LogP contribution in [-0.2, 0) is 20.2 Å². The zero-order chi connectivity index (χ0) is 21.9. The Kier molecular flexibility index (Phi) is 6.53. The number of nitrogens with zero attached hydrogens (tertiary/aromatic N) is 2. The quantitative estimate of drug-likeness (QED) is 0.730. The van der Waals surface area contributed by atoms with Crippen molar-refractivity contribution in [2.75, 3.05) is 26.2 Å². The van der Waals surface area contributed by atoms with E-state index >= 15 is 0 Å². The Hall–Kier alpha value is -2.38. The molecule has 1 atom stereocenters. The molecular weight excluding hydrogens is 400 g/mol. The summed E-state index contributed by atoms with van der Waals surface area (Å²) in [6, 6.07) is 16.2. The summed E-state index contributed by atoms with van der Waals surface area (Å²) < 4.78 is 32.7. The number of ether oxygens (including phenoxy) is 1. The van der Waals surface area contributed by atoms with E-state index in [4.69, 9.17) is 4.74 Å². The van der Waals surface area contributed by atoms with Crippen molar-refractivity contribution in [2.24, 2.45) is 0 Å². The maximum atomic E-state index is 12.8. The molecule has 3 rings (SSSR count). The lowest BCUT2D eigenvalue weighted by Crippen LogP contribution is -2.53. The fourth-order valence-corrected chi connectivity index (χ4v) is 4.88. The molecule has 30 heavy (non-hydrogen) atoms. The van der Waals surface area contributed by atoms with Gasteiger partial charge in [0, 0.05) is 26.2 Å². The maximum Gasteiger partial charge on any atom is 0.263 e. The van der Waals surface area contributed by atoms with Crippen LogP contribution in [0.2, 0.25) is 0 Å². The smallest absolute Gasteiger partial charge is 0.263 e. The number of hydrogen-bond acceptors (Lipinski definition) is 4. The maximum absolute atomic E-state index is 12.8. The molecule has 1 amide bonds. The molecule has 0 radical (unpaired) electrons. The zero-order valence-corrected chi connectivity index (χ0v) is 18.9. The van der Waals surface area contributed by atoms with E-state index in [9.17, 15) is 13.2 Å². The highest BCUT2D eigenvalue weighted by Gasteiger charge is 2.32. The summed E-state index contributed by atoms with van der Waals surface area (Å²) in [4.78, 5) is 14.7. The van der Waals surface area contributed by atoms with Crippen LogP contribution in [0.3, 0.4) is 0 Å². The van der Waals surface area contributed by atoms with Gasteiger partial charge in [0.25, 0.3) is 5.91 Å². The van der Waals surface area contributed by atoms with Crippen LogP contribution >= 0.6 is 0 Å². The van der Waals surface area contributed by atoms with Gasteiger partial charge in [0.15, 0.2) is 6.10 Å². The number of benzene rings is 2. The van der Waals surface area contributed by atoms with E-state index in [-0.39, 0.29) is 29.3 Å². The molecule has 0 spiro atoms. The predicted molar refractivity (Wildman–Crippen MR) is 117 cm³/mol. The molecule has 2 aromatic rings. The Bertz CT molecular complexity index is 959. The molecule has 0 N–H and O–H groups in total. The van der Waals surface area contributed by atoms with Crippen molar-refractivity contribution >= 4 is 15.9 Å². The summed E-state index contributed by atoms with van der Waals surface area (Å²) in [6.45, 7) is 9.41. The molecule has 1 fully saturated rings. The largest absolute Gasteiger partial charge is 0.481 e. The molecule has 0 saturated carbocycles. The van der Waals surface area contributed by atoms with Crippen molar-refractivity contribution < 1.29 is 17.9 Å². The van der Waals surface area contributed by atoms with Crippen LogP contribution in [-0.4, -0.2) is 55.8 Å². The lowest BCUT2D eigenvalue weighted by Gasteiger charge is -2.35. The molecule has 0 bridgehead atoms. The van der Waals surface area contributed by atoms with Crippen LogP contribution in [0, 0.1) is 0 Å². The molecule has 0 aliphatic carbocycles. The first-order valence-electron chi connectivity index (χ1n) is 10.2. The van der Waals surface area contributed by atoms with Crippen molar-refractivity contribution in [2.45, 2.75) is 44.1 Å². The number of amides is 1. The first kappa shape index (κ1) is 22.3. The monoisotopic (exact) mass is 430 g/mol. The molecular formula is C23H30N2O4S. The number of piperazine rings is 1. The van der Waals surface area contributed by atoms with E-state index in [2.05, 4.69) is 20.8 Å². The fraction of sp³-hybridized carbons (Fsp3) is 0.435. The van der Waals surface area contributed by atoms with Gasteiger partial charge in [-0.15, -0.1) is 0 Å². The minimum Gasteiger partial charge on any atom is -0.481 e. The lowest BCUT2D eigenvalue weighted by atomic mass is 9.87. The van der Waals surface area contributed by atoms with Crippen LogP contribution in [0.15, 0.2) is 59.5 Å². The Morgan fingerprint density at radius 2 is 1.50 bits per heavy atom. The molecule has 1 heterocycles. The fourth-order valence-electron chi connectivity index (χ4n) is 3.44. The molecule has 162 valence electrons. The van der Waals surface area contributed by atoms with Gasteiger partial charge in [0.05, 0.1) is 4.90 Å². The minimum atomic E-state index is -3.53. The van der Waals surface area contributed by atoms with Gasteiger partial charge in [-0.05, 0) is 42.2 Å². The summed E-state index contributed by atoms with van der Waals surface area (Å²) in [6.07, 6.45) is -0.636. The lowest BCUT2D eigenvalue weighted by molar-refractivity contribution is -0.139. The summed E-state index contributed by atoms with van der Waals surface area (Å²) in [5.41, 5.74) is 1.25. The van der Waals surface area contributed by atoms with Crippen molar-refractivity contribution in [3.05, 3.63) is 60.2 Å². The number of carbonyl (C=O) groups excluding carboxylic acids is 1. The number of rotatable bonds is 5. The third-order valence-corrected chi connectivity index (χ3v) is 7.23. The van der Waals surface area contributed by atoms with Crippen LogP contribution in [0.4, 0.5) is 0 Å². The molecule has 1 aliphatic rings. The van der Waals surface area contributed by atoms with Gasteiger partial charge in [-0.25, -0.2) is 8.42 Å². The second-order valence-electron chi connectivity index (χ2n) is 8.58. The van der Waals surface area contributed by atoms with Crippen LogP contribution in [0.5, 0.6) is 5.75 Å². The molecule has 0 unspecified atom stereocenters.